The number of carbonyl (C=O) groups is 3. The van der Waals surface area contributed by atoms with Crippen molar-refractivity contribution < 1.29 is 23.5 Å². The van der Waals surface area contributed by atoms with Gasteiger partial charge in [-0.3, -0.25) is 24.6 Å². The summed E-state index contributed by atoms with van der Waals surface area (Å²) in [6.45, 7) is 3.07. The molecule has 21 heavy (non-hydrogen) atoms. The number of likely N-dealkylation sites (tertiary alicyclic amines) is 1. The maximum atomic E-state index is 11.8. The standard InChI is InChI=1S/C14H18N2O5/c1-9-6-16(7-10(9)14(19)20-2)8-12(17)15-13(18)11-4-3-5-21-11/h3-5,9-10H,6-8H2,1-2H3,(H,15,17,18). The summed E-state index contributed by atoms with van der Waals surface area (Å²) >= 11 is 0. The van der Waals surface area contributed by atoms with Crippen LogP contribution in [0.15, 0.2) is 22.8 Å². The Morgan fingerprint density at radius 3 is 2.81 bits per heavy atom. The number of nitrogens with zero attached hydrogens (tertiary/aromatic N) is 1. The molecule has 1 aliphatic rings. The lowest BCUT2D eigenvalue weighted by molar-refractivity contribution is -0.146. The van der Waals surface area contributed by atoms with E-state index in [0.29, 0.717) is 13.1 Å². The lowest BCUT2D eigenvalue weighted by Gasteiger charge is -2.14. The molecule has 0 aromatic carbocycles. The Balaban J connectivity index is 1.84. The highest BCUT2D eigenvalue weighted by atomic mass is 16.5. The van der Waals surface area contributed by atoms with Crippen molar-refractivity contribution in [3.05, 3.63) is 24.2 Å². The minimum Gasteiger partial charge on any atom is -0.469 e. The van der Waals surface area contributed by atoms with E-state index < -0.39 is 11.8 Å². The monoisotopic (exact) mass is 294 g/mol. The second-order valence-electron chi connectivity index (χ2n) is 5.16. The lowest BCUT2D eigenvalue weighted by atomic mass is 9.99. The zero-order valence-corrected chi connectivity index (χ0v) is 12.0. The van der Waals surface area contributed by atoms with Crippen LogP contribution >= 0.6 is 0 Å². The van der Waals surface area contributed by atoms with E-state index >= 15 is 0 Å². The predicted octanol–water partition coefficient (Wildman–Crippen LogP) is 0.277. The Hall–Kier alpha value is -2.15. The third kappa shape index (κ3) is 3.69. The molecule has 1 saturated heterocycles. The van der Waals surface area contributed by atoms with Crippen molar-refractivity contribution in [2.75, 3.05) is 26.7 Å². The molecule has 2 amide bonds. The van der Waals surface area contributed by atoms with E-state index in [1.54, 1.807) is 6.07 Å². The minimum absolute atomic E-state index is 0.0598. The highest BCUT2D eigenvalue weighted by Gasteiger charge is 2.36. The zero-order valence-electron chi connectivity index (χ0n) is 12.0. The van der Waals surface area contributed by atoms with E-state index in [0.717, 1.165) is 0 Å². The predicted molar refractivity (Wildman–Crippen MR) is 72.3 cm³/mol. The van der Waals surface area contributed by atoms with Gasteiger partial charge in [0.15, 0.2) is 5.76 Å². The fraction of sp³-hybridized carbons (Fsp3) is 0.500. The molecule has 0 spiro atoms. The Morgan fingerprint density at radius 2 is 2.19 bits per heavy atom. The molecule has 1 N–H and O–H groups in total. The van der Waals surface area contributed by atoms with Gasteiger partial charge in [-0.05, 0) is 18.1 Å². The van der Waals surface area contributed by atoms with Crippen LogP contribution in [0.4, 0.5) is 0 Å². The average molecular weight is 294 g/mol. The molecular formula is C14H18N2O5. The van der Waals surface area contributed by atoms with Crippen LogP contribution < -0.4 is 5.32 Å². The van der Waals surface area contributed by atoms with E-state index in [1.165, 1.54) is 19.4 Å². The van der Waals surface area contributed by atoms with Crippen molar-refractivity contribution in [1.82, 2.24) is 10.2 Å². The van der Waals surface area contributed by atoms with E-state index in [4.69, 9.17) is 9.15 Å². The fourth-order valence-corrected chi connectivity index (χ4v) is 2.49. The van der Waals surface area contributed by atoms with E-state index in [9.17, 15) is 14.4 Å². The Bertz CT molecular complexity index is 525. The average Bonchev–Trinajstić information content (AvgIpc) is 3.07. The highest BCUT2D eigenvalue weighted by Crippen LogP contribution is 2.23. The molecule has 2 heterocycles. The van der Waals surface area contributed by atoms with E-state index in [1.807, 2.05) is 11.8 Å². The third-order valence-electron chi connectivity index (χ3n) is 3.56. The SMILES string of the molecule is COC(=O)C1CN(CC(=O)NC(=O)c2ccco2)CC1C. The Labute approximate surface area is 122 Å². The van der Waals surface area contributed by atoms with Gasteiger partial charge in [0, 0.05) is 13.1 Å². The second kappa shape index (κ2) is 6.53. The smallest absolute Gasteiger partial charge is 0.310 e. The molecule has 0 radical (unpaired) electrons. The van der Waals surface area contributed by atoms with Crippen molar-refractivity contribution in [1.29, 1.82) is 0 Å². The van der Waals surface area contributed by atoms with Crippen LogP contribution in [0.5, 0.6) is 0 Å². The molecule has 2 rings (SSSR count). The van der Waals surface area contributed by atoms with Gasteiger partial charge in [-0.25, -0.2) is 0 Å². The minimum atomic E-state index is -0.568. The molecule has 2 unspecified atom stereocenters. The van der Waals surface area contributed by atoms with Crippen molar-refractivity contribution in [2.24, 2.45) is 11.8 Å². The first kappa shape index (κ1) is 15.2. The molecule has 0 bridgehead atoms. The summed E-state index contributed by atoms with van der Waals surface area (Å²) in [5.41, 5.74) is 0. The van der Waals surface area contributed by atoms with Crippen molar-refractivity contribution in [2.45, 2.75) is 6.92 Å². The summed E-state index contributed by atoms with van der Waals surface area (Å²) in [4.78, 5) is 36.9. The normalized spacial score (nSPS) is 22.0. The Morgan fingerprint density at radius 1 is 1.43 bits per heavy atom. The van der Waals surface area contributed by atoms with Gasteiger partial charge in [0.1, 0.15) is 0 Å². The number of hydrogen-bond acceptors (Lipinski definition) is 6. The van der Waals surface area contributed by atoms with Crippen LogP contribution in [0.25, 0.3) is 0 Å². The maximum Gasteiger partial charge on any atom is 0.310 e. The van der Waals surface area contributed by atoms with Gasteiger partial charge in [-0.1, -0.05) is 6.92 Å². The summed E-state index contributed by atoms with van der Waals surface area (Å²) in [6, 6.07) is 3.05. The second-order valence-corrected chi connectivity index (χ2v) is 5.16. The van der Waals surface area contributed by atoms with Gasteiger partial charge < -0.3 is 9.15 Å². The van der Waals surface area contributed by atoms with Crippen molar-refractivity contribution >= 4 is 17.8 Å². The van der Waals surface area contributed by atoms with E-state index in [2.05, 4.69) is 5.32 Å². The summed E-state index contributed by atoms with van der Waals surface area (Å²) < 4.78 is 9.65. The van der Waals surface area contributed by atoms with Crippen LogP contribution in [-0.2, 0) is 14.3 Å². The molecule has 0 saturated carbocycles. The van der Waals surface area contributed by atoms with Crippen LogP contribution in [0.1, 0.15) is 17.5 Å². The summed E-state index contributed by atoms with van der Waals surface area (Å²) in [5, 5.41) is 2.25. The van der Waals surface area contributed by atoms with Crippen LogP contribution in [0, 0.1) is 11.8 Å². The summed E-state index contributed by atoms with van der Waals surface area (Å²) in [5.74, 6) is -1.28. The molecule has 1 fully saturated rings. The number of imide groups is 1. The number of nitrogens with one attached hydrogen (secondary N) is 1. The van der Waals surface area contributed by atoms with Gasteiger partial charge in [-0.15, -0.1) is 0 Å². The first-order valence-electron chi connectivity index (χ1n) is 6.69. The zero-order chi connectivity index (χ0) is 15.4. The summed E-state index contributed by atoms with van der Waals surface area (Å²) in [6.07, 6.45) is 1.36. The number of ether oxygens (including phenoxy) is 1. The van der Waals surface area contributed by atoms with Gasteiger partial charge >= 0.3 is 5.97 Å². The van der Waals surface area contributed by atoms with Gasteiger partial charge in [-0.2, -0.15) is 0 Å². The van der Waals surface area contributed by atoms with Crippen LogP contribution in [-0.4, -0.2) is 49.4 Å². The van der Waals surface area contributed by atoms with Crippen molar-refractivity contribution in [3.63, 3.8) is 0 Å². The van der Waals surface area contributed by atoms with E-state index in [-0.39, 0.29) is 30.1 Å². The topological polar surface area (TPSA) is 88.9 Å². The van der Waals surface area contributed by atoms with Gasteiger partial charge in [0.25, 0.3) is 5.91 Å². The number of hydrogen-bond donors (Lipinski definition) is 1. The van der Waals surface area contributed by atoms with Gasteiger partial charge in [0.05, 0.1) is 25.8 Å². The van der Waals surface area contributed by atoms with Crippen molar-refractivity contribution in [3.8, 4) is 0 Å². The molecule has 1 aromatic rings. The number of rotatable bonds is 4. The molecular weight excluding hydrogens is 276 g/mol. The van der Waals surface area contributed by atoms with Crippen LogP contribution in [0.3, 0.4) is 0 Å². The molecule has 7 nitrogen and oxygen atoms in total. The first-order valence-corrected chi connectivity index (χ1v) is 6.69. The first-order chi connectivity index (χ1) is 10.0. The third-order valence-corrected chi connectivity index (χ3v) is 3.56. The molecule has 114 valence electrons. The molecule has 7 heteroatoms. The highest BCUT2D eigenvalue weighted by molar-refractivity contribution is 6.03. The fourth-order valence-electron chi connectivity index (χ4n) is 2.49. The van der Waals surface area contributed by atoms with Gasteiger partial charge in [0.2, 0.25) is 5.91 Å². The number of furan rings is 1. The largest absolute Gasteiger partial charge is 0.469 e. The maximum absolute atomic E-state index is 11.8. The molecule has 1 aromatic heterocycles. The summed E-state index contributed by atoms with van der Waals surface area (Å²) in [7, 11) is 1.35. The molecule has 1 aliphatic heterocycles. The molecule has 0 aliphatic carbocycles. The quantitative estimate of drug-likeness (QED) is 0.802. The number of esters is 1. The number of methoxy groups -OCH3 is 1. The molecule has 2 atom stereocenters. The lowest BCUT2D eigenvalue weighted by Crippen LogP contribution is -2.39. The number of amides is 2. The van der Waals surface area contributed by atoms with Crippen LogP contribution in [0.2, 0.25) is 0 Å². The number of carbonyl (C=O) groups excluding carboxylic acids is 3. The Kier molecular flexibility index (Phi) is 4.74.